The average molecular weight is 202 g/mol. The van der Waals surface area contributed by atoms with E-state index >= 15 is 0 Å². The molecule has 0 bridgehead atoms. The fraction of sp³-hybridized carbons (Fsp3) is 0.667. The van der Waals surface area contributed by atoms with E-state index in [9.17, 15) is 0 Å². The van der Waals surface area contributed by atoms with Gasteiger partial charge in [-0.05, 0) is 19.9 Å². The minimum Gasteiger partial charge on any atom is -0.313 e. The summed E-state index contributed by atoms with van der Waals surface area (Å²) in [5.74, 6) is 0.723. The van der Waals surface area contributed by atoms with Gasteiger partial charge in [0.25, 0.3) is 0 Å². The first kappa shape index (κ1) is 10.5. The van der Waals surface area contributed by atoms with Crippen LogP contribution < -0.4 is 5.32 Å². The summed E-state index contributed by atoms with van der Waals surface area (Å²) in [6.07, 6.45) is 4.98. The van der Waals surface area contributed by atoms with Gasteiger partial charge in [-0.25, -0.2) is 0 Å². The number of hydrogen-bond acceptors (Lipinski definition) is 2. The fourth-order valence-electron chi connectivity index (χ4n) is 1.10. The Morgan fingerprint density at radius 2 is 2.46 bits per heavy atom. The van der Waals surface area contributed by atoms with Crippen LogP contribution in [-0.4, -0.2) is 22.2 Å². The zero-order valence-electron chi connectivity index (χ0n) is 7.96. The van der Waals surface area contributed by atoms with E-state index in [1.807, 2.05) is 10.9 Å². The maximum Gasteiger partial charge on any atom is 0.0534 e. The second-order valence-corrected chi connectivity index (χ2v) is 3.30. The van der Waals surface area contributed by atoms with E-state index in [0.29, 0.717) is 0 Å². The van der Waals surface area contributed by atoms with Crippen molar-refractivity contribution in [3.05, 3.63) is 18.0 Å². The standard InChI is InChI=1S/C9H16ClN3/c1-2-13-8-9(7-12-13)6-11-5-3-4-10/h7-8,11H,2-6H2,1H3. The summed E-state index contributed by atoms with van der Waals surface area (Å²) in [4.78, 5) is 0. The Bertz CT molecular complexity index is 235. The molecule has 0 amide bonds. The Morgan fingerprint density at radius 1 is 1.62 bits per heavy atom. The van der Waals surface area contributed by atoms with Gasteiger partial charge in [0.15, 0.2) is 0 Å². The highest BCUT2D eigenvalue weighted by Gasteiger charge is 1.95. The van der Waals surface area contributed by atoms with Crippen molar-refractivity contribution in [3.63, 3.8) is 0 Å². The molecular weight excluding hydrogens is 186 g/mol. The highest BCUT2D eigenvalue weighted by molar-refractivity contribution is 6.17. The van der Waals surface area contributed by atoms with Gasteiger partial charge in [-0.1, -0.05) is 0 Å². The number of halogens is 1. The van der Waals surface area contributed by atoms with Gasteiger partial charge >= 0.3 is 0 Å². The van der Waals surface area contributed by atoms with Crippen molar-refractivity contribution in [1.29, 1.82) is 0 Å². The molecule has 4 heteroatoms. The molecule has 3 nitrogen and oxygen atoms in total. The summed E-state index contributed by atoms with van der Waals surface area (Å²) in [6, 6.07) is 0. The first-order valence-electron chi connectivity index (χ1n) is 4.65. The Hall–Kier alpha value is -0.540. The SMILES string of the molecule is CCn1cc(CNCCCCl)cn1. The lowest BCUT2D eigenvalue weighted by Gasteiger charge is -1.99. The van der Waals surface area contributed by atoms with Crippen LogP contribution in [0.1, 0.15) is 18.9 Å². The van der Waals surface area contributed by atoms with Crippen LogP contribution in [0.5, 0.6) is 0 Å². The van der Waals surface area contributed by atoms with E-state index in [1.54, 1.807) is 0 Å². The second-order valence-electron chi connectivity index (χ2n) is 2.92. The average Bonchev–Trinajstić information content (AvgIpc) is 2.60. The lowest BCUT2D eigenvalue weighted by Crippen LogP contribution is -2.14. The number of aryl methyl sites for hydroxylation is 1. The van der Waals surface area contributed by atoms with Crippen LogP contribution in [0.2, 0.25) is 0 Å². The molecule has 0 spiro atoms. The van der Waals surface area contributed by atoms with Crippen LogP contribution in [0.3, 0.4) is 0 Å². The van der Waals surface area contributed by atoms with Crippen LogP contribution in [0.25, 0.3) is 0 Å². The van der Waals surface area contributed by atoms with Crippen molar-refractivity contribution in [1.82, 2.24) is 15.1 Å². The highest BCUT2D eigenvalue weighted by Crippen LogP contribution is 1.96. The lowest BCUT2D eigenvalue weighted by molar-refractivity contribution is 0.654. The first-order chi connectivity index (χ1) is 6.36. The van der Waals surface area contributed by atoms with E-state index in [0.717, 1.165) is 31.9 Å². The van der Waals surface area contributed by atoms with Crippen molar-refractivity contribution in [3.8, 4) is 0 Å². The van der Waals surface area contributed by atoms with E-state index in [2.05, 4.69) is 23.5 Å². The molecule has 0 saturated carbocycles. The molecule has 0 aromatic carbocycles. The van der Waals surface area contributed by atoms with Crippen molar-refractivity contribution < 1.29 is 0 Å². The van der Waals surface area contributed by atoms with Gasteiger partial charge in [0.1, 0.15) is 0 Å². The molecule has 0 aliphatic carbocycles. The summed E-state index contributed by atoms with van der Waals surface area (Å²) in [6.45, 7) is 4.87. The molecule has 0 aliphatic rings. The van der Waals surface area contributed by atoms with Crippen LogP contribution in [-0.2, 0) is 13.1 Å². The molecule has 0 atom stereocenters. The van der Waals surface area contributed by atoms with Crippen LogP contribution in [0, 0.1) is 0 Å². The monoisotopic (exact) mass is 201 g/mol. The van der Waals surface area contributed by atoms with Crippen molar-refractivity contribution >= 4 is 11.6 Å². The molecule has 74 valence electrons. The highest BCUT2D eigenvalue weighted by atomic mass is 35.5. The summed E-state index contributed by atoms with van der Waals surface area (Å²) in [5.41, 5.74) is 1.23. The van der Waals surface area contributed by atoms with Gasteiger partial charge in [0.2, 0.25) is 0 Å². The number of rotatable bonds is 6. The van der Waals surface area contributed by atoms with Gasteiger partial charge in [0.05, 0.1) is 6.20 Å². The van der Waals surface area contributed by atoms with Gasteiger partial charge in [-0.15, -0.1) is 11.6 Å². The van der Waals surface area contributed by atoms with E-state index in [4.69, 9.17) is 11.6 Å². The Morgan fingerprint density at radius 3 is 3.08 bits per heavy atom. The molecule has 0 radical (unpaired) electrons. The molecule has 1 heterocycles. The van der Waals surface area contributed by atoms with E-state index in [-0.39, 0.29) is 0 Å². The normalized spacial score (nSPS) is 10.6. The van der Waals surface area contributed by atoms with Crippen LogP contribution in [0.4, 0.5) is 0 Å². The van der Waals surface area contributed by atoms with Crippen LogP contribution >= 0.6 is 11.6 Å². The summed E-state index contributed by atoms with van der Waals surface area (Å²) >= 11 is 5.55. The number of hydrogen-bond donors (Lipinski definition) is 1. The maximum absolute atomic E-state index is 5.55. The first-order valence-corrected chi connectivity index (χ1v) is 5.18. The van der Waals surface area contributed by atoms with Crippen molar-refractivity contribution in [2.45, 2.75) is 26.4 Å². The third-order valence-corrected chi connectivity index (χ3v) is 2.09. The topological polar surface area (TPSA) is 29.9 Å². The summed E-state index contributed by atoms with van der Waals surface area (Å²) < 4.78 is 1.93. The fourth-order valence-corrected chi connectivity index (χ4v) is 1.23. The third-order valence-electron chi connectivity index (χ3n) is 1.83. The predicted molar refractivity (Wildman–Crippen MR) is 54.9 cm³/mol. The molecule has 0 aliphatic heterocycles. The molecule has 1 rings (SSSR count). The van der Waals surface area contributed by atoms with Gasteiger partial charge < -0.3 is 5.32 Å². The minimum absolute atomic E-state index is 0.723. The van der Waals surface area contributed by atoms with E-state index < -0.39 is 0 Å². The largest absolute Gasteiger partial charge is 0.313 e. The van der Waals surface area contributed by atoms with Gasteiger partial charge in [-0.3, -0.25) is 4.68 Å². The molecule has 0 unspecified atom stereocenters. The number of alkyl halides is 1. The van der Waals surface area contributed by atoms with Gasteiger partial charge in [0, 0.05) is 30.7 Å². The van der Waals surface area contributed by atoms with E-state index in [1.165, 1.54) is 5.56 Å². The molecule has 1 aromatic heterocycles. The zero-order chi connectivity index (χ0) is 9.52. The Labute approximate surface area is 84.1 Å². The van der Waals surface area contributed by atoms with Crippen LogP contribution in [0.15, 0.2) is 12.4 Å². The Kier molecular flexibility index (Phi) is 4.86. The number of nitrogens with zero attached hydrogens (tertiary/aromatic N) is 2. The predicted octanol–water partition coefficient (Wildman–Crippen LogP) is 1.62. The Balaban J connectivity index is 2.20. The molecular formula is C9H16ClN3. The molecule has 1 aromatic rings. The summed E-state index contributed by atoms with van der Waals surface area (Å²) in [5, 5.41) is 7.49. The molecule has 1 N–H and O–H groups in total. The van der Waals surface area contributed by atoms with Crippen molar-refractivity contribution in [2.75, 3.05) is 12.4 Å². The quantitative estimate of drug-likeness (QED) is 0.560. The second kappa shape index (κ2) is 6.00. The molecule has 13 heavy (non-hydrogen) atoms. The van der Waals surface area contributed by atoms with Gasteiger partial charge in [-0.2, -0.15) is 5.10 Å². The number of nitrogens with one attached hydrogen (secondary N) is 1. The molecule has 0 fully saturated rings. The lowest BCUT2D eigenvalue weighted by atomic mass is 10.3. The summed E-state index contributed by atoms with van der Waals surface area (Å²) in [7, 11) is 0. The molecule has 0 saturated heterocycles. The third kappa shape index (κ3) is 3.79. The number of aromatic nitrogens is 2. The zero-order valence-corrected chi connectivity index (χ0v) is 8.72. The minimum atomic E-state index is 0.723. The maximum atomic E-state index is 5.55. The van der Waals surface area contributed by atoms with Crippen molar-refractivity contribution in [2.24, 2.45) is 0 Å². The smallest absolute Gasteiger partial charge is 0.0534 e.